The fourth-order valence-corrected chi connectivity index (χ4v) is 1.83. The van der Waals surface area contributed by atoms with E-state index in [-0.39, 0.29) is 0 Å². The van der Waals surface area contributed by atoms with Gasteiger partial charge in [0.2, 0.25) is 0 Å². The number of aromatic nitrogens is 2. The Balaban J connectivity index is 1.93. The molecule has 0 amide bonds. The Hall–Kier alpha value is -2.14. The average molecular weight is 244 g/mol. The second-order valence-electron chi connectivity index (χ2n) is 3.91. The third kappa shape index (κ3) is 2.00. The molecule has 0 aliphatic carbocycles. The normalized spacial score (nSPS) is 15.2. The molecular weight excluding hydrogens is 232 g/mol. The minimum absolute atomic E-state index is 0.370. The molecule has 0 radical (unpaired) electrons. The molecule has 1 aromatic carbocycles. The van der Waals surface area contributed by atoms with Crippen LogP contribution in [-0.2, 0) is 0 Å². The van der Waals surface area contributed by atoms with Crippen molar-refractivity contribution >= 4 is 0 Å². The molecule has 5 nitrogen and oxygen atoms in total. The quantitative estimate of drug-likeness (QED) is 0.863. The molecule has 2 aromatic rings. The third-order valence-electron chi connectivity index (χ3n) is 2.71. The number of hydrogen-bond acceptors (Lipinski definition) is 5. The molecule has 0 bridgehead atoms. The van der Waals surface area contributed by atoms with Gasteiger partial charge >= 0.3 is 0 Å². The van der Waals surface area contributed by atoms with Gasteiger partial charge in [0.1, 0.15) is 19.3 Å². The Morgan fingerprint density at radius 3 is 2.56 bits per heavy atom. The zero-order valence-corrected chi connectivity index (χ0v) is 9.61. The van der Waals surface area contributed by atoms with Crippen LogP contribution in [0.4, 0.5) is 0 Å². The van der Waals surface area contributed by atoms with Crippen molar-refractivity contribution in [2.45, 2.75) is 6.10 Å². The Kier molecular flexibility index (Phi) is 2.82. The van der Waals surface area contributed by atoms with Gasteiger partial charge in [0.25, 0.3) is 0 Å². The van der Waals surface area contributed by atoms with Gasteiger partial charge in [0.05, 0.1) is 0 Å². The number of benzene rings is 1. The van der Waals surface area contributed by atoms with Crippen molar-refractivity contribution in [2.24, 2.45) is 0 Å². The average Bonchev–Trinajstić information content (AvgIpc) is 2.47. The second kappa shape index (κ2) is 4.62. The lowest BCUT2D eigenvalue weighted by Gasteiger charge is -2.19. The van der Waals surface area contributed by atoms with Crippen molar-refractivity contribution in [2.75, 3.05) is 13.2 Å². The molecule has 2 heterocycles. The number of aliphatic hydroxyl groups excluding tert-OH is 1. The summed E-state index contributed by atoms with van der Waals surface area (Å²) in [6, 6.07) is 7.04. The lowest BCUT2D eigenvalue weighted by molar-refractivity contribution is 0.169. The maximum Gasteiger partial charge on any atom is 0.161 e. The lowest BCUT2D eigenvalue weighted by Crippen LogP contribution is -2.16. The molecule has 5 heteroatoms. The van der Waals surface area contributed by atoms with E-state index < -0.39 is 6.10 Å². The van der Waals surface area contributed by atoms with Gasteiger partial charge < -0.3 is 14.6 Å². The summed E-state index contributed by atoms with van der Waals surface area (Å²) in [6.07, 6.45) is 2.34. The molecule has 1 atom stereocenters. The Bertz CT molecular complexity index is 545. The van der Waals surface area contributed by atoms with Crippen molar-refractivity contribution < 1.29 is 14.6 Å². The van der Waals surface area contributed by atoms with Crippen LogP contribution in [0.2, 0.25) is 0 Å². The van der Waals surface area contributed by atoms with Gasteiger partial charge in [0, 0.05) is 12.4 Å². The van der Waals surface area contributed by atoms with E-state index in [1.54, 1.807) is 36.7 Å². The van der Waals surface area contributed by atoms with E-state index in [2.05, 4.69) is 9.97 Å². The first-order valence-corrected chi connectivity index (χ1v) is 5.69. The molecule has 1 unspecified atom stereocenters. The first kappa shape index (κ1) is 11.0. The van der Waals surface area contributed by atoms with E-state index in [4.69, 9.17) is 9.47 Å². The van der Waals surface area contributed by atoms with Crippen LogP contribution in [-0.4, -0.2) is 28.3 Å². The Morgan fingerprint density at radius 1 is 1.06 bits per heavy atom. The van der Waals surface area contributed by atoms with Crippen molar-refractivity contribution in [1.29, 1.82) is 0 Å². The lowest BCUT2D eigenvalue weighted by atomic mass is 10.1. The number of ether oxygens (including phenoxy) is 2. The van der Waals surface area contributed by atoms with E-state index in [0.29, 0.717) is 36.1 Å². The maximum atomic E-state index is 10.2. The van der Waals surface area contributed by atoms with Gasteiger partial charge in [-0.15, -0.1) is 0 Å². The zero-order valence-electron chi connectivity index (χ0n) is 9.61. The molecule has 3 rings (SSSR count). The van der Waals surface area contributed by atoms with E-state index in [9.17, 15) is 5.11 Å². The predicted octanol–water partition coefficient (Wildman–Crippen LogP) is 1.33. The van der Waals surface area contributed by atoms with Crippen LogP contribution in [0.3, 0.4) is 0 Å². The number of aliphatic hydroxyl groups is 1. The van der Waals surface area contributed by atoms with Gasteiger partial charge in [0.15, 0.2) is 17.3 Å². The molecule has 1 N–H and O–H groups in total. The highest BCUT2D eigenvalue weighted by Crippen LogP contribution is 2.33. The smallest absolute Gasteiger partial charge is 0.161 e. The summed E-state index contributed by atoms with van der Waals surface area (Å²) < 4.78 is 10.9. The van der Waals surface area contributed by atoms with Gasteiger partial charge in [-0.3, -0.25) is 0 Å². The summed E-state index contributed by atoms with van der Waals surface area (Å²) in [6.45, 7) is 1.07. The topological polar surface area (TPSA) is 64.5 Å². The highest BCUT2D eigenvalue weighted by atomic mass is 16.6. The molecule has 92 valence electrons. The van der Waals surface area contributed by atoms with Crippen LogP contribution >= 0.6 is 0 Å². The van der Waals surface area contributed by atoms with Crippen molar-refractivity contribution in [3.8, 4) is 11.5 Å². The monoisotopic (exact) mass is 244 g/mol. The summed E-state index contributed by atoms with van der Waals surface area (Å²) in [5, 5.41) is 10.2. The molecule has 0 saturated heterocycles. The molecule has 1 aliphatic rings. The fraction of sp³-hybridized carbons (Fsp3) is 0.231. The summed E-state index contributed by atoms with van der Waals surface area (Å²) in [7, 11) is 0. The first-order valence-electron chi connectivity index (χ1n) is 5.69. The second-order valence-corrected chi connectivity index (χ2v) is 3.91. The summed E-state index contributed by atoms with van der Waals surface area (Å²) >= 11 is 0. The summed E-state index contributed by atoms with van der Waals surface area (Å²) in [5.41, 5.74) is 0.686. The molecule has 1 aliphatic heterocycles. The van der Waals surface area contributed by atoms with Crippen LogP contribution < -0.4 is 9.47 Å². The van der Waals surface area contributed by atoms with E-state index in [1.807, 2.05) is 0 Å². The van der Waals surface area contributed by atoms with Gasteiger partial charge in [-0.25, -0.2) is 9.97 Å². The highest BCUT2D eigenvalue weighted by Gasteiger charge is 2.17. The standard InChI is InChI=1S/C13H12N2O3/c16-12(13-14-4-1-5-15-13)9-2-3-10-11(8-9)18-7-6-17-10/h1-5,8,12,16H,6-7H2. The van der Waals surface area contributed by atoms with E-state index in [1.165, 1.54) is 0 Å². The molecule has 0 fully saturated rings. The number of rotatable bonds is 2. The van der Waals surface area contributed by atoms with Crippen LogP contribution in [0.1, 0.15) is 17.5 Å². The number of nitrogens with zero attached hydrogens (tertiary/aromatic N) is 2. The SMILES string of the molecule is OC(c1ccc2c(c1)OCCO2)c1ncccn1. The molecule has 18 heavy (non-hydrogen) atoms. The molecule has 1 aromatic heterocycles. The van der Waals surface area contributed by atoms with Crippen molar-refractivity contribution in [3.05, 3.63) is 48.0 Å². The number of fused-ring (bicyclic) bond motifs is 1. The predicted molar refractivity (Wildman–Crippen MR) is 63.5 cm³/mol. The Labute approximate surface area is 104 Å². The molecular formula is C13H12N2O3. The maximum absolute atomic E-state index is 10.2. The highest BCUT2D eigenvalue weighted by molar-refractivity contribution is 5.45. The van der Waals surface area contributed by atoms with Crippen LogP contribution in [0.15, 0.2) is 36.7 Å². The van der Waals surface area contributed by atoms with Crippen LogP contribution in [0, 0.1) is 0 Å². The minimum atomic E-state index is -0.859. The molecule has 0 spiro atoms. The molecule has 0 saturated carbocycles. The van der Waals surface area contributed by atoms with Gasteiger partial charge in [-0.1, -0.05) is 6.07 Å². The third-order valence-corrected chi connectivity index (χ3v) is 2.71. The first-order chi connectivity index (χ1) is 8.84. The fourth-order valence-electron chi connectivity index (χ4n) is 1.83. The Morgan fingerprint density at radius 2 is 1.78 bits per heavy atom. The van der Waals surface area contributed by atoms with E-state index >= 15 is 0 Å². The van der Waals surface area contributed by atoms with Gasteiger partial charge in [-0.05, 0) is 23.8 Å². The van der Waals surface area contributed by atoms with Crippen molar-refractivity contribution in [1.82, 2.24) is 9.97 Å². The van der Waals surface area contributed by atoms with Gasteiger partial charge in [-0.2, -0.15) is 0 Å². The summed E-state index contributed by atoms with van der Waals surface area (Å²) in [4.78, 5) is 8.07. The van der Waals surface area contributed by atoms with E-state index in [0.717, 1.165) is 0 Å². The largest absolute Gasteiger partial charge is 0.486 e. The summed E-state index contributed by atoms with van der Waals surface area (Å²) in [5.74, 6) is 1.72. The zero-order chi connectivity index (χ0) is 12.4. The van der Waals surface area contributed by atoms with Crippen LogP contribution in [0.5, 0.6) is 11.5 Å². The number of hydrogen-bond donors (Lipinski definition) is 1. The minimum Gasteiger partial charge on any atom is -0.486 e. The van der Waals surface area contributed by atoms with Crippen molar-refractivity contribution in [3.63, 3.8) is 0 Å². The van der Waals surface area contributed by atoms with Crippen LogP contribution in [0.25, 0.3) is 0 Å².